The molecule has 1 unspecified atom stereocenters. The van der Waals surface area contributed by atoms with Crippen LogP contribution in [0.4, 0.5) is 65.9 Å². The monoisotopic (exact) mass is 427 g/mol. The van der Waals surface area contributed by atoms with E-state index in [2.05, 4.69) is 0 Å². The molecule has 0 radical (unpaired) electrons. The Morgan fingerprint density at radius 1 is 0.538 bits per heavy atom. The van der Waals surface area contributed by atoms with Gasteiger partial charge in [-0.25, -0.2) is 13.7 Å². The van der Waals surface area contributed by atoms with Crippen LogP contribution in [0.2, 0.25) is 0 Å². The molecule has 0 aromatic rings. The first kappa shape index (κ1) is 24.9. The van der Waals surface area contributed by atoms with E-state index in [1.54, 1.807) is 0 Å². The molecule has 0 spiro atoms. The summed E-state index contributed by atoms with van der Waals surface area (Å²) in [4.78, 5) is -1.25. The van der Waals surface area contributed by atoms with Crippen molar-refractivity contribution in [2.45, 2.75) is 48.8 Å². The zero-order valence-electron chi connectivity index (χ0n) is 12.3. The topological polar surface area (TPSA) is 3.24 Å². The minimum atomic E-state index is -8.37. The second kappa shape index (κ2) is 6.22. The number of hydrogen-bond donors (Lipinski definition) is 0. The van der Waals surface area contributed by atoms with Crippen molar-refractivity contribution in [2.24, 2.45) is 0 Å². The Morgan fingerprint density at radius 2 is 0.808 bits per heavy atom. The minimum Gasteiger partial charge on any atom is -0.245 e. The van der Waals surface area contributed by atoms with Gasteiger partial charge in [0.2, 0.25) is 0 Å². The van der Waals surface area contributed by atoms with E-state index in [0.717, 1.165) is 0 Å². The molecule has 26 heavy (non-hydrogen) atoms. The third-order valence-electron chi connectivity index (χ3n) is 3.41. The van der Waals surface area contributed by atoms with Crippen molar-refractivity contribution in [3.63, 3.8) is 0 Å². The Kier molecular flexibility index (Phi) is 5.96. The standard InChI is InChI=1S/C10H8F15N/c1-3-26(2)10(24,25)5(12,9(21,22)23)6(13,14)4(11,7(15,16)17)8(18,19)20/h3H2,1-2H3. The van der Waals surface area contributed by atoms with Crippen molar-refractivity contribution in [3.8, 4) is 0 Å². The molecule has 0 aromatic heterocycles. The zero-order chi connectivity index (χ0) is 21.8. The molecule has 0 aliphatic carbocycles. The lowest BCUT2D eigenvalue weighted by Crippen LogP contribution is -2.80. The maximum atomic E-state index is 13.9. The number of nitrogens with zero attached hydrogens (tertiary/aromatic N) is 1. The number of alkyl halides is 15. The molecule has 158 valence electrons. The molecule has 0 saturated heterocycles. The number of halogens is 15. The van der Waals surface area contributed by atoms with E-state index in [0.29, 0.717) is 6.92 Å². The summed E-state index contributed by atoms with van der Waals surface area (Å²) in [6, 6.07) is -6.72. The summed E-state index contributed by atoms with van der Waals surface area (Å²) in [6.45, 7) is -0.957. The molecule has 0 aliphatic heterocycles. The predicted molar refractivity (Wildman–Crippen MR) is 54.0 cm³/mol. The van der Waals surface area contributed by atoms with E-state index >= 15 is 0 Å². The Bertz CT molecular complexity index is 486. The minimum absolute atomic E-state index is 0.211. The Labute approximate surface area is 134 Å². The fourth-order valence-electron chi connectivity index (χ4n) is 1.75. The Hall–Kier alpha value is -1.09. The lowest BCUT2D eigenvalue weighted by molar-refractivity contribution is -0.467. The van der Waals surface area contributed by atoms with Gasteiger partial charge in [-0.3, -0.25) is 0 Å². The smallest absolute Gasteiger partial charge is 0.245 e. The molecule has 0 N–H and O–H groups in total. The molecule has 0 saturated carbocycles. The van der Waals surface area contributed by atoms with Gasteiger partial charge in [-0.1, -0.05) is 6.92 Å². The molecule has 0 rings (SSSR count). The van der Waals surface area contributed by atoms with Gasteiger partial charge in [0.05, 0.1) is 0 Å². The van der Waals surface area contributed by atoms with Crippen LogP contribution >= 0.6 is 0 Å². The lowest BCUT2D eigenvalue weighted by Gasteiger charge is -2.47. The van der Waals surface area contributed by atoms with Crippen molar-refractivity contribution < 1.29 is 65.9 Å². The van der Waals surface area contributed by atoms with Gasteiger partial charge in [-0.15, -0.1) is 0 Å². The summed E-state index contributed by atoms with van der Waals surface area (Å²) in [7, 11) is -0.211. The van der Waals surface area contributed by atoms with Gasteiger partial charge >= 0.3 is 41.8 Å². The SMILES string of the molecule is CCN(C)C(F)(F)C(F)(C(F)(F)F)C(F)(F)C(F)(C(F)(F)F)C(F)(F)F. The van der Waals surface area contributed by atoms with E-state index in [1.165, 1.54) is 0 Å². The van der Waals surface area contributed by atoms with Gasteiger partial charge in [0.15, 0.2) is 0 Å². The van der Waals surface area contributed by atoms with Crippen LogP contribution in [0.1, 0.15) is 6.92 Å². The second-order valence-electron chi connectivity index (χ2n) is 4.94. The molecule has 0 aromatic carbocycles. The normalized spacial score (nSPS) is 18.2. The van der Waals surface area contributed by atoms with Crippen LogP contribution in [0, 0.1) is 0 Å². The third kappa shape index (κ3) is 2.96. The van der Waals surface area contributed by atoms with Crippen molar-refractivity contribution in [1.29, 1.82) is 0 Å². The maximum absolute atomic E-state index is 13.9. The van der Waals surface area contributed by atoms with Crippen LogP contribution in [0.25, 0.3) is 0 Å². The first-order chi connectivity index (χ1) is 11.0. The summed E-state index contributed by atoms with van der Waals surface area (Å²) in [5, 5.41) is 0. The Balaban J connectivity index is 7.18. The summed E-state index contributed by atoms with van der Waals surface area (Å²) in [5.74, 6) is -8.37. The summed E-state index contributed by atoms with van der Waals surface area (Å²) in [5.41, 5.74) is -16.2. The zero-order valence-corrected chi connectivity index (χ0v) is 12.3. The first-order valence-electron chi connectivity index (χ1n) is 6.03. The molecule has 1 nitrogen and oxygen atoms in total. The third-order valence-corrected chi connectivity index (χ3v) is 3.41. The quantitative estimate of drug-likeness (QED) is 0.427. The highest BCUT2D eigenvalue weighted by molar-refractivity contribution is 5.20. The molecule has 0 heterocycles. The van der Waals surface area contributed by atoms with Crippen LogP contribution in [-0.4, -0.2) is 60.3 Å². The molecule has 1 atom stereocenters. The molecule has 0 amide bonds. The van der Waals surface area contributed by atoms with E-state index in [9.17, 15) is 65.9 Å². The summed E-state index contributed by atoms with van der Waals surface area (Å²) < 4.78 is 194. The number of hydrogen-bond acceptors (Lipinski definition) is 1. The highest BCUT2D eigenvalue weighted by atomic mass is 19.4. The fourth-order valence-corrected chi connectivity index (χ4v) is 1.75. The van der Waals surface area contributed by atoms with Gasteiger partial charge in [0.1, 0.15) is 0 Å². The molecule has 16 heteroatoms. The van der Waals surface area contributed by atoms with Gasteiger partial charge in [-0.2, -0.15) is 57.1 Å². The van der Waals surface area contributed by atoms with E-state index < -0.39 is 53.3 Å². The van der Waals surface area contributed by atoms with E-state index in [1.807, 2.05) is 0 Å². The Morgan fingerprint density at radius 3 is 1.00 bits per heavy atom. The van der Waals surface area contributed by atoms with Crippen molar-refractivity contribution >= 4 is 0 Å². The molecule has 0 fully saturated rings. The van der Waals surface area contributed by atoms with Gasteiger partial charge < -0.3 is 0 Å². The van der Waals surface area contributed by atoms with Crippen LogP contribution in [0.3, 0.4) is 0 Å². The van der Waals surface area contributed by atoms with Crippen molar-refractivity contribution in [2.75, 3.05) is 13.6 Å². The van der Waals surface area contributed by atoms with Crippen LogP contribution in [-0.2, 0) is 0 Å². The van der Waals surface area contributed by atoms with Crippen molar-refractivity contribution in [3.05, 3.63) is 0 Å². The molecular formula is C10H8F15N. The van der Waals surface area contributed by atoms with Gasteiger partial charge in [-0.05, 0) is 7.05 Å². The van der Waals surface area contributed by atoms with Gasteiger partial charge in [0, 0.05) is 6.54 Å². The highest BCUT2D eigenvalue weighted by Crippen LogP contribution is 2.65. The van der Waals surface area contributed by atoms with E-state index in [-0.39, 0.29) is 7.05 Å². The molecular weight excluding hydrogens is 419 g/mol. The number of rotatable bonds is 5. The fraction of sp³-hybridized carbons (Fsp3) is 1.00. The predicted octanol–water partition coefficient (Wildman–Crippen LogP) is 5.27. The van der Waals surface area contributed by atoms with Gasteiger partial charge in [0.25, 0.3) is 0 Å². The van der Waals surface area contributed by atoms with E-state index in [4.69, 9.17) is 0 Å². The molecule has 0 bridgehead atoms. The van der Waals surface area contributed by atoms with Crippen LogP contribution < -0.4 is 0 Å². The second-order valence-corrected chi connectivity index (χ2v) is 4.94. The summed E-state index contributed by atoms with van der Waals surface area (Å²) in [6.07, 6.45) is -23.6. The highest BCUT2D eigenvalue weighted by Gasteiger charge is 2.97. The maximum Gasteiger partial charge on any atom is 0.437 e. The average molecular weight is 427 g/mol. The van der Waals surface area contributed by atoms with Crippen molar-refractivity contribution in [1.82, 2.24) is 4.90 Å². The summed E-state index contributed by atoms with van der Waals surface area (Å²) >= 11 is 0. The average Bonchev–Trinajstić information content (AvgIpc) is 2.39. The lowest BCUT2D eigenvalue weighted by atomic mass is 9.80. The largest absolute Gasteiger partial charge is 0.437 e. The van der Waals surface area contributed by atoms with Crippen LogP contribution in [0.5, 0.6) is 0 Å². The molecule has 0 aliphatic rings. The first-order valence-corrected chi connectivity index (χ1v) is 6.03. The van der Waals surface area contributed by atoms with Crippen LogP contribution in [0.15, 0.2) is 0 Å².